The van der Waals surface area contributed by atoms with Gasteiger partial charge in [0.2, 0.25) is 5.91 Å². The van der Waals surface area contributed by atoms with Gasteiger partial charge in [-0.25, -0.2) is 4.79 Å². The Morgan fingerprint density at radius 3 is 2.58 bits per heavy atom. The van der Waals surface area contributed by atoms with Gasteiger partial charge in [-0.2, -0.15) is 0 Å². The van der Waals surface area contributed by atoms with Crippen molar-refractivity contribution in [1.29, 1.82) is 0 Å². The van der Waals surface area contributed by atoms with Gasteiger partial charge >= 0.3 is 5.97 Å². The van der Waals surface area contributed by atoms with Crippen molar-refractivity contribution >= 4 is 34.9 Å². The first kappa shape index (κ1) is 17.4. The smallest absolute Gasteiger partial charge is 0.335 e. The monoisotopic (exact) mass is 348 g/mol. The number of benzene rings is 2. The van der Waals surface area contributed by atoms with Crippen molar-refractivity contribution < 1.29 is 19.6 Å². The summed E-state index contributed by atoms with van der Waals surface area (Å²) in [5.41, 5.74) is 0.580. The number of aryl methyl sites for hydroxylation is 1. The zero-order valence-corrected chi connectivity index (χ0v) is 13.1. The molecule has 24 heavy (non-hydrogen) atoms. The molecule has 0 saturated carbocycles. The van der Waals surface area contributed by atoms with Crippen molar-refractivity contribution in [2.45, 2.75) is 12.8 Å². The maximum absolute atomic E-state index is 12.0. The Morgan fingerprint density at radius 1 is 1.21 bits per heavy atom. The normalized spacial score (nSPS) is 10.2. The lowest BCUT2D eigenvalue weighted by atomic mass is 10.1. The topological polar surface area (TPSA) is 110 Å². The SMILES string of the molecule is O=C(CCc1ccccc1[N+](=O)[O-])Nc1cc(C(=O)O)ccc1Cl. The fourth-order valence-electron chi connectivity index (χ4n) is 2.12. The van der Waals surface area contributed by atoms with Crippen LogP contribution in [0.5, 0.6) is 0 Å². The van der Waals surface area contributed by atoms with Gasteiger partial charge in [0.25, 0.3) is 5.69 Å². The van der Waals surface area contributed by atoms with Gasteiger partial charge in [0.15, 0.2) is 0 Å². The van der Waals surface area contributed by atoms with Crippen LogP contribution in [0.25, 0.3) is 0 Å². The molecule has 0 fully saturated rings. The third-order valence-electron chi connectivity index (χ3n) is 3.30. The van der Waals surface area contributed by atoms with E-state index < -0.39 is 16.8 Å². The van der Waals surface area contributed by atoms with Crippen LogP contribution in [-0.2, 0) is 11.2 Å². The van der Waals surface area contributed by atoms with E-state index >= 15 is 0 Å². The fraction of sp³-hybridized carbons (Fsp3) is 0.125. The highest BCUT2D eigenvalue weighted by molar-refractivity contribution is 6.33. The first-order chi connectivity index (χ1) is 11.4. The standard InChI is InChI=1S/C16H13ClN2O5/c17-12-7-5-11(16(21)22)9-13(12)18-15(20)8-6-10-3-1-2-4-14(10)19(23)24/h1-5,7,9H,6,8H2,(H,18,20)(H,21,22). The Kier molecular flexibility index (Phi) is 5.49. The van der Waals surface area contributed by atoms with Crippen LogP contribution in [-0.4, -0.2) is 21.9 Å². The number of para-hydroxylation sites is 1. The number of nitrogens with zero attached hydrogens (tertiary/aromatic N) is 1. The zero-order valence-electron chi connectivity index (χ0n) is 12.4. The molecule has 0 aliphatic heterocycles. The molecule has 0 bridgehead atoms. The molecular weight excluding hydrogens is 336 g/mol. The second-order valence-corrected chi connectivity index (χ2v) is 5.34. The molecule has 0 aliphatic rings. The number of hydrogen-bond acceptors (Lipinski definition) is 4. The van der Waals surface area contributed by atoms with Gasteiger partial charge in [-0.05, 0) is 24.6 Å². The van der Waals surface area contributed by atoms with Gasteiger partial charge in [0.1, 0.15) is 0 Å². The number of carbonyl (C=O) groups excluding carboxylic acids is 1. The second kappa shape index (κ2) is 7.56. The van der Waals surface area contributed by atoms with E-state index in [-0.39, 0.29) is 34.8 Å². The van der Waals surface area contributed by atoms with Gasteiger partial charge < -0.3 is 10.4 Å². The van der Waals surface area contributed by atoms with Crippen LogP contribution in [0.15, 0.2) is 42.5 Å². The van der Waals surface area contributed by atoms with Crippen molar-refractivity contribution in [3.05, 3.63) is 68.7 Å². The summed E-state index contributed by atoms with van der Waals surface area (Å²) in [6, 6.07) is 10.1. The number of nitrogens with one attached hydrogen (secondary N) is 1. The van der Waals surface area contributed by atoms with E-state index in [1.807, 2.05) is 0 Å². The maximum atomic E-state index is 12.0. The summed E-state index contributed by atoms with van der Waals surface area (Å²) in [7, 11) is 0. The third-order valence-corrected chi connectivity index (χ3v) is 3.63. The number of amides is 1. The number of hydrogen-bond donors (Lipinski definition) is 2. The predicted molar refractivity (Wildman–Crippen MR) is 88.5 cm³/mol. The van der Waals surface area contributed by atoms with E-state index in [0.717, 1.165) is 0 Å². The Labute approximate surface area is 142 Å². The minimum atomic E-state index is -1.14. The molecule has 8 heteroatoms. The number of nitro groups is 1. The van der Waals surface area contributed by atoms with Crippen molar-refractivity contribution in [3.8, 4) is 0 Å². The lowest BCUT2D eigenvalue weighted by Crippen LogP contribution is -2.13. The summed E-state index contributed by atoms with van der Waals surface area (Å²) in [6.45, 7) is 0. The molecule has 2 rings (SSSR count). The highest BCUT2D eigenvalue weighted by Gasteiger charge is 2.15. The minimum Gasteiger partial charge on any atom is -0.478 e. The number of carboxylic acids is 1. The number of halogens is 1. The summed E-state index contributed by atoms with van der Waals surface area (Å²) in [5, 5.41) is 22.6. The molecule has 0 aliphatic carbocycles. The van der Waals surface area contributed by atoms with Gasteiger partial charge in [0.05, 0.1) is 21.2 Å². The molecule has 2 N–H and O–H groups in total. The molecule has 2 aromatic rings. The largest absolute Gasteiger partial charge is 0.478 e. The lowest BCUT2D eigenvalue weighted by Gasteiger charge is -2.08. The van der Waals surface area contributed by atoms with Crippen LogP contribution in [0, 0.1) is 10.1 Å². The van der Waals surface area contributed by atoms with E-state index in [2.05, 4.69) is 5.32 Å². The molecular formula is C16H13ClN2O5. The third kappa shape index (κ3) is 4.30. The van der Waals surface area contributed by atoms with Crippen molar-refractivity contribution in [1.82, 2.24) is 0 Å². The molecule has 0 radical (unpaired) electrons. The molecule has 0 aromatic heterocycles. The number of rotatable bonds is 6. The van der Waals surface area contributed by atoms with Gasteiger partial charge in [-0.3, -0.25) is 14.9 Å². The first-order valence-corrected chi connectivity index (χ1v) is 7.31. The van der Waals surface area contributed by atoms with Crippen LogP contribution in [0.4, 0.5) is 11.4 Å². The molecule has 0 unspecified atom stereocenters. The van der Waals surface area contributed by atoms with E-state index in [4.69, 9.17) is 16.7 Å². The fourth-order valence-corrected chi connectivity index (χ4v) is 2.28. The van der Waals surface area contributed by atoms with Crippen LogP contribution in [0.2, 0.25) is 5.02 Å². The van der Waals surface area contributed by atoms with E-state index in [9.17, 15) is 19.7 Å². The Bertz CT molecular complexity index is 807. The molecule has 0 atom stereocenters. The average molecular weight is 349 g/mol. The van der Waals surface area contributed by atoms with Crippen molar-refractivity contribution in [2.75, 3.05) is 5.32 Å². The maximum Gasteiger partial charge on any atom is 0.335 e. The molecule has 7 nitrogen and oxygen atoms in total. The number of aromatic carboxylic acids is 1. The Balaban J connectivity index is 2.06. The summed E-state index contributed by atoms with van der Waals surface area (Å²) >= 11 is 5.93. The molecule has 1 amide bonds. The van der Waals surface area contributed by atoms with E-state index in [0.29, 0.717) is 5.56 Å². The van der Waals surface area contributed by atoms with Gasteiger partial charge in [-0.1, -0.05) is 29.8 Å². The zero-order chi connectivity index (χ0) is 17.7. The summed E-state index contributed by atoms with van der Waals surface area (Å²) < 4.78 is 0. The lowest BCUT2D eigenvalue weighted by molar-refractivity contribution is -0.385. The number of carbonyl (C=O) groups is 2. The molecule has 124 valence electrons. The van der Waals surface area contributed by atoms with Crippen LogP contribution >= 0.6 is 11.6 Å². The minimum absolute atomic E-state index is 0.00151. The number of anilines is 1. The summed E-state index contributed by atoms with van der Waals surface area (Å²) in [4.78, 5) is 33.4. The second-order valence-electron chi connectivity index (χ2n) is 4.93. The number of carboxylic acid groups (broad SMARTS) is 1. The van der Waals surface area contributed by atoms with Crippen molar-refractivity contribution in [3.63, 3.8) is 0 Å². The van der Waals surface area contributed by atoms with Crippen LogP contribution < -0.4 is 5.32 Å². The van der Waals surface area contributed by atoms with Crippen LogP contribution in [0.3, 0.4) is 0 Å². The van der Waals surface area contributed by atoms with Gasteiger partial charge in [-0.15, -0.1) is 0 Å². The Morgan fingerprint density at radius 2 is 1.92 bits per heavy atom. The van der Waals surface area contributed by atoms with Crippen molar-refractivity contribution in [2.24, 2.45) is 0 Å². The highest BCUT2D eigenvalue weighted by atomic mass is 35.5. The van der Waals surface area contributed by atoms with E-state index in [1.54, 1.807) is 18.2 Å². The summed E-state index contributed by atoms with van der Waals surface area (Å²) in [6.07, 6.45) is 0.178. The highest BCUT2D eigenvalue weighted by Crippen LogP contribution is 2.24. The molecule has 2 aromatic carbocycles. The first-order valence-electron chi connectivity index (χ1n) is 6.93. The van der Waals surface area contributed by atoms with Gasteiger partial charge in [0, 0.05) is 18.1 Å². The Hall–Kier alpha value is -2.93. The molecule has 0 heterocycles. The molecule has 0 saturated heterocycles. The van der Waals surface area contributed by atoms with Crippen LogP contribution in [0.1, 0.15) is 22.3 Å². The van der Waals surface area contributed by atoms with E-state index in [1.165, 1.54) is 24.3 Å². The quantitative estimate of drug-likeness (QED) is 0.613. The number of nitro benzene ring substituents is 1. The molecule has 0 spiro atoms. The predicted octanol–water partition coefficient (Wildman–Crippen LogP) is 3.52. The summed E-state index contributed by atoms with van der Waals surface area (Å²) in [5.74, 6) is -1.56. The average Bonchev–Trinajstić information content (AvgIpc) is 2.55.